The van der Waals surface area contributed by atoms with Crippen molar-refractivity contribution in [1.29, 1.82) is 0 Å². The Morgan fingerprint density at radius 1 is 0.733 bits per heavy atom. The van der Waals surface area contributed by atoms with Crippen molar-refractivity contribution in [1.82, 2.24) is 0 Å². The zero-order valence-corrected chi connectivity index (χ0v) is 7.80. The van der Waals surface area contributed by atoms with Gasteiger partial charge >= 0.3 is 0 Å². The molecule has 0 aromatic rings. The second kappa shape index (κ2) is 4.29. The summed E-state index contributed by atoms with van der Waals surface area (Å²) < 4.78 is 0. The summed E-state index contributed by atoms with van der Waals surface area (Å²) in [5.41, 5.74) is 10.1. The summed E-state index contributed by atoms with van der Waals surface area (Å²) >= 11 is 0. The molecule has 1 aliphatic carbocycles. The number of nitrogens with two attached hydrogens (primary N) is 2. The lowest BCUT2D eigenvalue weighted by molar-refractivity contribution is -0.184. The fraction of sp³-hybridized carbons (Fsp3) is 0.857. The molecule has 15 heavy (non-hydrogen) atoms. The van der Waals surface area contributed by atoms with Crippen molar-refractivity contribution in [3.05, 3.63) is 0 Å². The third-order valence-electron chi connectivity index (χ3n) is 2.40. The number of hydrogen-bond acceptors (Lipinski definition) is 6. The first-order chi connectivity index (χ1) is 6.86. The maximum absolute atomic E-state index is 9.45. The van der Waals surface area contributed by atoms with Crippen LogP contribution in [-0.4, -0.2) is 68.1 Å². The summed E-state index contributed by atoms with van der Waals surface area (Å²) in [6, 6.07) is -1.26. The lowest BCUT2D eigenvalue weighted by Gasteiger charge is -2.39. The van der Waals surface area contributed by atoms with E-state index in [2.05, 4.69) is 4.99 Å². The molecule has 0 aliphatic heterocycles. The zero-order valence-electron chi connectivity index (χ0n) is 7.80. The fourth-order valence-electron chi connectivity index (χ4n) is 1.54. The molecule has 0 amide bonds. The molecular formula is C7H15N3O5. The predicted octanol–water partition coefficient (Wildman–Crippen LogP) is -4.55. The van der Waals surface area contributed by atoms with Crippen molar-refractivity contribution in [3.8, 4) is 0 Å². The van der Waals surface area contributed by atoms with Gasteiger partial charge in [0.1, 0.15) is 36.6 Å². The van der Waals surface area contributed by atoms with Gasteiger partial charge in [0.15, 0.2) is 5.96 Å². The molecule has 0 aromatic heterocycles. The topological polar surface area (TPSA) is 166 Å². The zero-order chi connectivity index (χ0) is 11.7. The summed E-state index contributed by atoms with van der Waals surface area (Å²) in [5.74, 6) is -0.395. The summed E-state index contributed by atoms with van der Waals surface area (Å²) in [7, 11) is 0. The highest BCUT2D eigenvalue weighted by atomic mass is 16.4. The lowest BCUT2D eigenvalue weighted by atomic mass is 9.83. The number of nitrogens with zero attached hydrogens (tertiary/aromatic N) is 1. The number of hydrogen-bond donors (Lipinski definition) is 7. The van der Waals surface area contributed by atoms with Crippen LogP contribution < -0.4 is 11.5 Å². The van der Waals surface area contributed by atoms with Gasteiger partial charge in [0.25, 0.3) is 0 Å². The van der Waals surface area contributed by atoms with Crippen LogP contribution >= 0.6 is 0 Å². The van der Waals surface area contributed by atoms with Crippen LogP contribution in [0.25, 0.3) is 0 Å². The number of rotatable bonds is 1. The molecule has 0 bridgehead atoms. The molecule has 0 saturated heterocycles. The second-order valence-corrected chi connectivity index (χ2v) is 3.50. The highest BCUT2D eigenvalue weighted by Crippen LogP contribution is 2.23. The molecule has 1 aliphatic rings. The second-order valence-electron chi connectivity index (χ2n) is 3.50. The maximum Gasteiger partial charge on any atom is 0.186 e. The van der Waals surface area contributed by atoms with E-state index in [1.165, 1.54) is 0 Å². The molecule has 1 saturated carbocycles. The van der Waals surface area contributed by atoms with Crippen molar-refractivity contribution >= 4 is 5.96 Å². The van der Waals surface area contributed by atoms with Crippen molar-refractivity contribution in [2.24, 2.45) is 16.5 Å². The van der Waals surface area contributed by atoms with Crippen molar-refractivity contribution in [2.75, 3.05) is 0 Å². The van der Waals surface area contributed by atoms with Gasteiger partial charge in [-0.3, -0.25) is 0 Å². The molecule has 8 heteroatoms. The number of aliphatic hydroxyl groups is 5. The standard InChI is InChI=1S/C7H15N3O5/c8-7(9)10-1-2(11)4(13)6(15)5(14)3(1)12/h1-6,11-15H,(H4,8,9,10). The van der Waals surface area contributed by atoms with Crippen LogP contribution in [0.2, 0.25) is 0 Å². The molecule has 88 valence electrons. The number of guanidine groups is 1. The Balaban J connectivity index is 2.91. The molecule has 4 atom stereocenters. The van der Waals surface area contributed by atoms with Crippen molar-refractivity contribution < 1.29 is 25.5 Å². The third kappa shape index (κ3) is 2.19. The predicted molar refractivity (Wildman–Crippen MR) is 49.6 cm³/mol. The Morgan fingerprint density at radius 2 is 1.07 bits per heavy atom. The lowest BCUT2D eigenvalue weighted by Crippen LogP contribution is -2.63. The first-order valence-electron chi connectivity index (χ1n) is 4.35. The fourth-order valence-corrected chi connectivity index (χ4v) is 1.54. The normalized spacial score (nSPS) is 46.2. The van der Waals surface area contributed by atoms with Crippen LogP contribution in [0.1, 0.15) is 0 Å². The number of aliphatic imine (C=N–C) groups is 1. The van der Waals surface area contributed by atoms with Gasteiger partial charge in [0.2, 0.25) is 0 Å². The first kappa shape index (κ1) is 12.1. The van der Waals surface area contributed by atoms with Gasteiger partial charge in [-0.2, -0.15) is 0 Å². The van der Waals surface area contributed by atoms with E-state index in [9.17, 15) is 25.5 Å². The van der Waals surface area contributed by atoms with Gasteiger partial charge in [-0.05, 0) is 0 Å². The Kier molecular flexibility index (Phi) is 3.47. The summed E-state index contributed by atoms with van der Waals surface area (Å²) in [6.45, 7) is 0. The van der Waals surface area contributed by atoms with E-state index < -0.39 is 42.5 Å². The Morgan fingerprint density at radius 3 is 1.40 bits per heavy atom. The van der Waals surface area contributed by atoms with Gasteiger partial charge in [0.05, 0.1) is 0 Å². The Hall–Kier alpha value is -0.930. The van der Waals surface area contributed by atoms with Crippen molar-refractivity contribution in [3.63, 3.8) is 0 Å². The summed E-state index contributed by atoms with van der Waals surface area (Å²) in [6.07, 6.45) is -7.95. The van der Waals surface area contributed by atoms with E-state index in [0.717, 1.165) is 0 Å². The number of aliphatic hydroxyl groups excluding tert-OH is 5. The average Bonchev–Trinajstić information content (AvgIpc) is 2.18. The van der Waals surface area contributed by atoms with Gasteiger partial charge in [-0.15, -0.1) is 0 Å². The van der Waals surface area contributed by atoms with E-state index in [1.54, 1.807) is 0 Å². The molecule has 0 spiro atoms. The van der Waals surface area contributed by atoms with Gasteiger partial charge in [0, 0.05) is 0 Å². The Bertz CT molecular complexity index is 241. The van der Waals surface area contributed by atoms with E-state index in [1.807, 2.05) is 0 Å². The smallest absolute Gasteiger partial charge is 0.186 e. The average molecular weight is 221 g/mol. The van der Waals surface area contributed by atoms with E-state index in [-0.39, 0.29) is 0 Å². The van der Waals surface area contributed by atoms with Gasteiger partial charge in [-0.25, -0.2) is 4.99 Å². The molecular weight excluding hydrogens is 206 g/mol. The van der Waals surface area contributed by atoms with Crippen LogP contribution in [0.15, 0.2) is 4.99 Å². The molecule has 8 nitrogen and oxygen atoms in total. The minimum absolute atomic E-state index is 0.395. The van der Waals surface area contributed by atoms with Crippen LogP contribution in [0, 0.1) is 0 Å². The third-order valence-corrected chi connectivity index (χ3v) is 2.40. The minimum Gasteiger partial charge on any atom is -0.388 e. The Labute approximate surface area is 85.5 Å². The van der Waals surface area contributed by atoms with Gasteiger partial charge < -0.3 is 37.0 Å². The van der Waals surface area contributed by atoms with Crippen LogP contribution in [-0.2, 0) is 0 Å². The molecule has 0 heterocycles. The molecule has 0 radical (unpaired) electrons. The van der Waals surface area contributed by atoms with Crippen LogP contribution in [0.3, 0.4) is 0 Å². The molecule has 1 fully saturated rings. The van der Waals surface area contributed by atoms with Gasteiger partial charge in [-0.1, -0.05) is 0 Å². The molecule has 9 N–H and O–H groups in total. The largest absolute Gasteiger partial charge is 0.388 e. The molecule has 1 rings (SSSR count). The minimum atomic E-state index is -1.64. The first-order valence-corrected chi connectivity index (χ1v) is 4.35. The monoisotopic (exact) mass is 221 g/mol. The van der Waals surface area contributed by atoms with Crippen molar-refractivity contribution in [2.45, 2.75) is 36.6 Å². The molecule has 4 unspecified atom stereocenters. The summed E-state index contributed by atoms with van der Waals surface area (Å²) in [5, 5.41) is 46.7. The quantitative estimate of drug-likeness (QED) is 0.173. The molecule has 0 aromatic carbocycles. The highest BCUT2D eigenvalue weighted by molar-refractivity contribution is 5.76. The maximum atomic E-state index is 9.45. The van der Waals surface area contributed by atoms with Crippen LogP contribution in [0.5, 0.6) is 0 Å². The van der Waals surface area contributed by atoms with E-state index >= 15 is 0 Å². The van der Waals surface area contributed by atoms with E-state index in [0.29, 0.717) is 0 Å². The highest BCUT2D eigenvalue weighted by Gasteiger charge is 2.48. The summed E-state index contributed by atoms with van der Waals surface area (Å²) in [4.78, 5) is 3.47. The van der Waals surface area contributed by atoms with E-state index in [4.69, 9.17) is 11.5 Å². The van der Waals surface area contributed by atoms with Crippen LogP contribution in [0.4, 0.5) is 0 Å². The SMILES string of the molecule is NC(N)=NC1C(O)C(O)C(O)C(O)C1O.